The molecule has 2 heterocycles. The summed E-state index contributed by atoms with van der Waals surface area (Å²) in [6.45, 7) is 3.17. The van der Waals surface area contributed by atoms with Gasteiger partial charge in [-0.3, -0.25) is 9.69 Å². The third-order valence-corrected chi connectivity index (χ3v) is 4.07. The van der Waals surface area contributed by atoms with Crippen molar-refractivity contribution in [3.05, 3.63) is 53.6 Å². The molecule has 0 bridgehead atoms. The Morgan fingerprint density at radius 1 is 1.15 bits per heavy atom. The summed E-state index contributed by atoms with van der Waals surface area (Å²) in [7, 11) is 0. The molecule has 1 N–H and O–H groups in total. The van der Waals surface area contributed by atoms with Crippen LogP contribution in [-0.2, 0) is 16.9 Å². The fourth-order valence-electron chi connectivity index (χ4n) is 2.67. The Hall–Kier alpha value is -3.17. The Balaban J connectivity index is 1.80. The standard InChI is InChI=1S/C17H15F3N4O3/c1-10-7-21-13(22-8-10)9-24-14(25)16(2,23-15(24)26)11-3-5-12(6-4-11)27-17(18,19)20/h3-8H,9H2,1-2H3,(H,23,26). The number of hydrogen-bond donors (Lipinski definition) is 1. The Kier molecular flexibility index (Phi) is 4.50. The van der Waals surface area contributed by atoms with E-state index in [9.17, 15) is 22.8 Å². The third kappa shape index (κ3) is 3.83. The number of aryl methyl sites for hydroxylation is 1. The molecule has 3 rings (SSSR count). The quantitative estimate of drug-likeness (QED) is 0.825. The summed E-state index contributed by atoms with van der Waals surface area (Å²) in [5, 5.41) is 2.56. The minimum atomic E-state index is -4.81. The molecule has 0 spiro atoms. The molecule has 1 unspecified atom stereocenters. The summed E-state index contributed by atoms with van der Waals surface area (Å²) in [6, 6.07) is 4.12. The van der Waals surface area contributed by atoms with Crippen molar-refractivity contribution in [2.45, 2.75) is 32.3 Å². The van der Waals surface area contributed by atoms with Crippen molar-refractivity contribution in [2.75, 3.05) is 0 Å². The number of carbonyl (C=O) groups is 2. The van der Waals surface area contributed by atoms with E-state index in [4.69, 9.17) is 0 Å². The van der Waals surface area contributed by atoms with Crippen LogP contribution < -0.4 is 10.1 Å². The van der Waals surface area contributed by atoms with Crippen LogP contribution in [0.2, 0.25) is 0 Å². The Morgan fingerprint density at radius 2 is 1.74 bits per heavy atom. The van der Waals surface area contributed by atoms with Gasteiger partial charge in [-0.05, 0) is 37.1 Å². The summed E-state index contributed by atoms with van der Waals surface area (Å²) >= 11 is 0. The summed E-state index contributed by atoms with van der Waals surface area (Å²) in [6.07, 6.45) is -1.67. The number of rotatable bonds is 4. The highest BCUT2D eigenvalue weighted by molar-refractivity contribution is 6.07. The Morgan fingerprint density at radius 3 is 2.30 bits per heavy atom. The minimum Gasteiger partial charge on any atom is -0.406 e. The number of nitrogens with one attached hydrogen (secondary N) is 1. The number of benzene rings is 1. The van der Waals surface area contributed by atoms with Crippen LogP contribution in [0.25, 0.3) is 0 Å². The number of imide groups is 1. The summed E-state index contributed by atoms with van der Waals surface area (Å²) in [4.78, 5) is 34.2. The van der Waals surface area contributed by atoms with Crippen LogP contribution in [0.15, 0.2) is 36.7 Å². The first-order chi connectivity index (χ1) is 12.6. The van der Waals surface area contributed by atoms with Gasteiger partial charge < -0.3 is 10.1 Å². The second-order valence-corrected chi connectivity index (χ2v) is 6.20. The molecule has 1 aliphatic heterocycles. The maximum Gasteiger partial charge on any atom is 0.573 e. The first kappa shape index (κ1) is 18.6. The highest BCUT2D eigenvalue weighted by Gasteiger charge is 2.49. The van der Waals surface area contributed by atoms with Crippen molar-refractivity contribution in [3.8, 4) is 5.75 Å². The van der Waals surface area contributed by atoms with Gasteiger partial charge in [-0.25, -0.2) is 14.8 Å². The molecular weight excluding hydrogens is 365 g/mol. The molecular formula is C17H15F3N4O3. The van der Waals surface area contributed by atoms with Crippen molar-refractivity contribution in [1.82, 2.24) is 20.2 Å². The number of ether oxygens (including phenoxy) is 1. The fourth-order valence-corrected chi connectivity index (χ4v) is 2.67. The zero-order valence-corrected chi connectivity index (χ0v) is 14.4. The number of aromatic nitrogens is 2. The van der Waals surface area contributed by atoms with E-state index in [1.807, 2.05) is 0 Å². The topological polar surface area (TPSA) is 84.4 Å². The lowest BCUT2D eigenvalue weighted by Gasteiger charge is -2.22. The monoisotopic (exact) mass is 380 g/mol. The maximum absolute atomic E-state index is 12.8. The predicted octanol–water partition coefficient (Wildman–Crippen LogP) is 2.65. The lowest BCUT2D eigenvalue weighted by Crippen LogP contribution is -2.40. The van der Waals surface area contributed by atoms with Gasteiger partial charge in [0.15, 0.2) is 0 Å². The van der Waals surface area contributed by atoms with Gasteiger partial charge in [-0.2, -0.15) is 0 Å². The number of amides is 3. The third-order valence-electron chi connectivity index (χ3n) is 4.07. The largest absolute Gasteiger partial charge is 0.573 e. The molecule has 0 saturated carbocycles. The van der Waals surface area contributed by atoms with Gasteiger partial charge in [-0.1, -0.05) is 12.1 Å². The molecule has 1 aromatic heterocycles. The fraction of sp³-hybridized carbons (Fsp3) is 0.294. The van der Waals surface area contributed by atoms with Gasteiger partial charge in [0.2, 0.25) is 0 Å². The van der Waals surface area contributed by atoms with Gasteiger partial charge in [0.1, 0.15) is 17.1 Å². The zero-order chi connectivity index (χ0) is 19.8. The number of nitrogens with zero attached hydrogens (tertiary/aromatic N) is 3. The van der Waals surface area contributed by atoms with Gasteiger partial charge in [0, 0.05) is 12.4 Å². The van der Waals surface area contributed by atoms with Gasteiger partial charge in [-0.15, -0.1) is 13.2 Å². The van der Waals surface area contributed by atoms with Crippen LogP contribution in [-0.4, -0.2) is 33.2 Å². The average molecular weight is 380 g/mol. The van der Waals surface area contributed by atoms with E-state index in [2.05, 4.69) is 20.0 Å². The SMILES string of the molecule is Cc1cnc(CN2C(=O)NC(C)(c3ccc(OC(F)(F)F)cc3)C2=O)nc1. The van der Waals surface area contributed by atoms with E-state index in [1.165, 1.54) is 19.1 Å². The lowest BCUT2D eigenvalue weighted by atomic mass is 9.92. The van der Waals surface area contributed by atoms with E-state index in [1.54, 1.807) is 19.3 Å². The molecule has 1 aromatic carbocycles. The van der Waals surface area contributed by atoms with Crippen molar-refractivity contribution >= 4 is 11.9 Å². The van der Waals surface area contributed by atoms with E-state index in [-0.39, 0.29) is 6.54 Å². The predicted molar refractivity (Wildman–Crippen MR) is 86.3 cm³/mol. The van der Waals surface area contributed by atoms with Crippen LogP contribution in [0.4, 0.5) is 18.0 Å². The van der Waals surface area contributed by atoms with Gasteiger partial charge in [0.05, 0.1) is 6.54 Å². The molecule has 1 aliphatic rings. The van der Waals surface area contributed by atoms with Crippen LogP contribution >= 0.6 is 0 Å². The number of alkyl halides is 3. The van der Waals surface area contributed by atoms with Crippen LogP contribution in [0.1, 0.15) is 23.9 Å². The molecule has 1 saturated heterocycles. The second kappa shape index (κ2) is 6.53. The maximum atomic E-state index is 12.8. The van der Waals surface area contributed by atoms with Gasteiger partial charge >= 0.3 is 12.4 Å². The Bertz CT molecular complexity index is 868. The Labute approximate surface area is 152 Å². The molecule has 10 heteroatoms. The molecule has 1 atom stereocenters. The highest BCUT2D eigenvalue weighted by Crippen LogP contribution is 2.31. The molecule has 2 aromatic rings. The molecule has 3 amide bonds. The number of halogens is 3. The van der Waals surface area contributed by atoms with Crippen LogP contribution in [0.5, 0.6) is 5.75 Å². The first-order valence-corrected chi connectivity index (χ1v) is 7.86. The van der Waals surface area contributed by atoms with Crippen molar-refractivity contribution in [2.24, 2.45) is 0 Å². The normalized spacial score (nSPS) is 20.0. The average Bonchev–Trinajstić information content (AvgIpc) is 2.80. The highest BCUT2D eigenvalue weighted by atomic mass is 19.4. The van der Waals surface area contributed by atoms with E-state index in [0.717, 1.165) is 22.6 Å². The summed E-state index contributed by atoms with van der Waals surface area (Å²) in [5.74, 6) is -0.681. The van der Waals surface area contributed by atoms with Gasteiger partial charge in [0.25, 0.3) is 5.91 Å². The van der Waals surface area contributed by atoms with Crippen molar-refractivity contribution in [1.29, 1.82) is 0 Å². The summed E-state index contributed by atoms with van der Waals surface area (Å²) in [5.41, 5.74) is -0.261. The number of carbonyl (C=O) groups excluding carboxylic acids is 2. The molecule has 142 valence electrons. The zero-order valence-electron chi connectivity index (χ0n) is 14.4. The van der Waals surface area contributed by atoms with E-state index >= 15 is 0 Å². The van der Waals surface area contributed by atoms with E-state index in [0.29, 0.717) is 11.4 Å². The second-order valence-electron chi connectivity index (χ2n) is 6.20. The molecule has 7 nitrogen and oxygen atoms in total. The number of urea groups is 1. The molecule has 0 aliphatic carbocycles. The minimum absolute atomic E-state index is 0.115. The molecule has 1 fully saturated rings. The van der Waals surface area contributed by atoms with E-state index < -0.39 is 29.6 Å². The summed E-state index contributed by atoms with van der Waals surface area (Å²) < 4.78 is 40.6. The number of hydrogen-bond acceptors (Lipinski definition) is 5. The van der Waals surface area contributed by atoms with Crippen LogP contribution in [0.3, 0.4) is 0 Å². The first-order valence-electron chi connectivity index (χ1n) is 7.86. The molecule has 27 heavy (non-hydrogen) atoms. The molecule has 0 radical (unpaired) electrons. The lowest BCUT2D eigenvalue weighted by molar-refractivity contribution is -0.274. The van der Waals surface area contributed by atoms with Crippen LogP contribution in [0, 0.1) is 6.92 Å². The smallest absolute Gasteiger partial charge is 0.406 e. The van der Waals surface area contributed by atoms with Crippen molar-refractivity contribution in [3.63, 3.8) is 0 Å². The van der Waals surface area contributed by atoms with Crippen molar-refractivity contribution < 1.29 is 27.5 Å².